The van der Waals surface area contributed by atoms with Gasteiger partial charge in [-0.2, -0.15) is 23.3 Å². The molecule has 37 heavy (non-hydrogen) atoms. The molecule has 1 unspecified atom stereocenters. The second kappa shape index (κ2) is 8.37. The van der Waals surface area contributed by atoms with Gasteiger partial charge in [-0.25, -0.2) is 19.5 Å². The van der Waals surface area contributed by atoms with Crippen molar-refractivity contribution in [2.45, 2.75) is 43.7 Å². The fraction of sp³-hybridized carbons (Fsp3) is 0.333. The standard InChI is InChI=1S/C24H19ClF3N7O2/c25-14-7-5-13(6-8-14)24(12-3-4-12)17-19(34-22(24)37)32-18(33-21(17)36)16-10-35-20(29-11-30-35)15(31-16)2-1-9-23(26,27)28/h5-8,10-12H,1-4,9H2,(H2,32,33,34,36,37). The maximum atomic E-state index is 13.5. The van der Waals surface area contributed by atoms with Gasteiger partial charge in [0.2, 0.25) is 11.8 Å². The SMILES string of the molecule is O=C1Nc2nc(-c3cn4ncnc4c(CCCC(F)(F)F)n3)nc(O)c2C1(c1ccc(Cl)cc1)C1CC1. The number of aryl methyl sites for hydroxylation is 1. The van der Waals surface area contributed by atoms with E-state index in [1.807, 2.05) is 0 Å². The Hall–Kier alpha value is -3.80. The molecule has 4 heterocycles. The highest BCUT2D eigenvalue weighted by molar-refractivity contribution is 6.30. The summed E-state index contributed by atoms with van der Waals surface area (Å²) in [5.74, 6) is -0.580. The Morgan fingerprint density at radius 3 is 2.62 bits per heavy atom. The van der Waals surface area contributed by atoms with Gasteiger partial charge in [0.25, 0.3) is 0 Å². The number of alkyl halides is 3. The minimum Gasteiger partial charge on any atom is -0.493 e. The first kappa shape index (κ1) is 23.6. The van der Waals surface area contributed by atoms with E-state index < -0.39 is 18.0 Å². The van der Waals surface area contributed by atoms with Crippen LogP contribution in [0.2, 0.25) is 5.02 Å². The summed E-state index contributed by atoms with van der Waals surface area (Å²) in [6.07, 6.45) is -1.09. The Morgan fingerprint density at radius 1 is 1.16 bits per heavy atom. The zero-order valence-corrected chi connectivity index (χ0v) is 19.9. The van der Waals surface area contributed by atoms with E-state index in [1.54, 1.807) is 24.3 Å². The van der Waals surface area contributed by atoms with Crippen LogP contribution in [0.5, 0.6) is 5.88 Å². The number of anilines is 1. The van der Waals surface area contributed by atoms with Crippen LogP contribution in [-0.2, 0) is 16.6 Å². The summed E-state index contributed by atoms with van der Waals surface area (Å²) >= 11 is 6.07. The fourth-order valence-corrected chi connectivity index (χ4v) is 5.22. The predicted octanol–water partition coefficient (Wildman–Crippen LogP) is 4.47. The van der Waals surface area contributed by atoms with Crippen molar-refractivity contribution in [3.05, 3.63) is 58.6 Å². The number of nitrogens with zero attached hydrogens (tertiary/aromatic N) is 6. The van der Waals surface area contributed by atoms with Crippen LogP contribution in [0, 0.1) is 5.92 Å². The first-order valence-electron chi connectivity index (χ1n) is 11.6. The summed E-state index contributed by atoms with van der Waals surface area (Å²) in [6, 6.07) is 6.90. The summed E-state index contributed by atoms with van der Waals surface area (Å²) in [4.78, 5) is 30.8. The molecule has 0 spiro atoms. The molecule has 2 aliphatic rings. The van der Waals surface area contributed by atoms with Crippen molar-refractivity contribution in [1.29, 1.82) is 0 Å². The molecule has 6 rings (SSSR count). The summed E-state index contributed by atoms with van der Waals surface area (Å²) in [5, 5.41) is 18.5. The molecule has 4 aromatic rings. The fourth-order valence-electron chi connectivity index (χ4n) is 5.09. The van der Waals surface area contributed by atoms with Crippen LogP contribution in [0.25, 0.3) is 17.2 Å². The highest BCUT2D eigenvalue weighted by Gasteiger charge is 2.60. The van der Waals surface area contributed by atoms with Gasteiger partial charge in [-0.05, 0) is 49.3 Å². The molecule has 1 fully saturated rings. The van der Waals surface area contributed by atoms with Gasteiger partial charge in [0.15, 0.2) is 11.5 Å². The molecule has 0 radical (unpaired) electrons. The van der Waals surface area contributed by atoms with Crippen molar-refractivity contribution in [3.63, 3.8) is 0 Å². The Bertz CT molecular complexity index is 1540. The second-order valence-corrected chi connectivity index (χ2v) is 9.64. The maximum Gasteiger partial charge on any atom is 0.389 e. The van der Waals surface area contributed by atoms with Crippen LogP contribution in [0.1, 0.15) is 42.5 Å². The number of hydrogen-bond acceptors (Lipinski definition) is 7. The zero-order chi connectivity index (χ0) is 25.9. The molecule has 1 aliphatic carbocycles. The van der Waals surface area contributed by atoms with Gasteiger partial charge in [-0.3, -0.25) is 4.79 Å². The average Bonchev–Trinajstić information content (AvgIpc) is 3.49. The molecule has 1 aromatic carbocycles. The molecule has 1 aliphatic heterocycles. The van der Waals surface area contributed by atoms with Gasteiger partial charge in [0.1, 0.15) is 23.3 Å². The number of carbonyl (C=O) groups excluding carboxylic acids is 1. The number of fused-ring (bicyclic) bond motifs is 2. The summed E-state index contributed by atoms with van der Waals surface area (Å²) in [6.45, 7) is 0. The molecule has 0 bridgehead atoms. The lowest BCUT2D eigenvalue weighted by Gasteiger charge is -2.28. The second-order valence-electron chi connectivity index (χ2n) is 9.21. The van der Waals surface area contributed by atoms with E-state index in [0.29, 0.717) is 27.5 Å². The van der Waals surface area contributed by atoms with E-state index >= 15 is 0 Å². The Morgan fingerprint density at radius 2 is 1.92 bits per heavy atom. The Labute approximate surface area is 212 Å². The molecule has 1 saturated carbocycles. The third-order valence-corrected chi connectivity index (χ3v) is 7.05. The molecule has 3 aromatic heterocycles. The van der Waals surface area contributed by atoms with E-state index in [9.17, 15) is 23.1 Å². The van der Waals surface area contributed by atoms with Crippen LogP contribution in [0.4, 0.5) is 19.0 Å². The largest absolute Gasteiger partial charge is 0.493 e. The lowest BCUT2D eigenvalue weighted by molar-refractivity contribution is -0.135. The average molecular weight is 530 g/mol. The molecule has 1 atom stereocenters. The number of benzene rings is 1. The maximum absolute atomic E-state index is 13.5. The molecule has 9 nitrogen and oxygen atoms in total. The topological polar surface area (TPSA) is 118 Å². The van der Waals surface area contributed by atoms with Crippen molar-refractivity contribution in [2.75, 3.05) is 5.32 Å². The van der Waals surface area contributed by atoms with E-state index in [1.165, 1.54) is 17.0 Å². The van der Waals surface area contributed by atoms with Gasteiger partial charge >= 0.3 is 6.18 Å². The highest BCUT2D eigenvalue weighted by Crippen LogP contribution is 2.58. The Kier molecular flexibility index (Phi) is 5.34. The van der Waals surface area contributed by atoms with Gasteiger partial charge in [-0.1, -0.05) is 23.7 Å². The van der Waals surface area contributed by atoms with Gasteiger partial charge in [-0.15, -0.1) is 0 Å². The van der Waals surface area contributed by atoms with Crippen molar-refractivity contribution < 1.29 is 23.1 Å². The van der Waals surface area contributed by atoms with Gasteiger partial charge in [0.05, 0.1) is 17.5 Å². The predicted molar refractivity (Wildman–Crippen MR) is 126 cm³/mol. The lowest BCUT2D eigenvalue weighted by Crippen LogP contribution is -2.38. The molecular weight excluding hydrogens is 511 g/mol. The third kappa shape index (κ3) is 3.95. The number of nitrogens with one attached hydrogen (secondary N) is 1. The van der Waals surface area contributed by atoms with Crippen molar-refractivity contribution in [1.82, 2.24) is 29.5 Å². The number of carbonyl (C=O) groups is 1. The molecule has 13 heteroatoms. The van der Waals surface area contributed by atoms with Crippen LogP contribution in [-0.4, -0.2) is 46.7 Å². The third-order valence-electron chi connectivity index (χ3n) is 6.80. The number of aromatic hydroxyl groups is 1. The number of rotatable bonds is 6. The van der Waals surface area contributed by atoms with Crippen molar-refractivity contribution in [3.8, 4) is 17.4 Å². The number of aromatic nitrogens is 6. The van der Waals surface area contributed by atoms with Crippen LogP contribution < -0.4 is 5.32 Å². The monoisotopic (exact) mass is 529 g/mol. The normalized spacial score (nSPS) is 19.3. The van der Waals surface area contributed by atoms with E-state index in [2.05, 4.69) is 30.4 Å². The van der Waals surface area contributed by atoms with Crippen molar-refractivity contribution in [2.24, 2.45) is 5.92 Å². The number of hydrogen-bond donors (Lipinski definition) is 2. The van der Waals surface area contributed by atoms with Gasteiger partial charge in [0, 0.05) is 11.4 Å². The number of amides is 1. The molecular formula is C24H19ClF3N7O2. The van der Waals surface area contributed by atoms with Crippen LogP contribution in [0.3, 0.4) is 0 Å². The number of halogens is 4. The van der Waals surface area contributed by atoms with E-state index in [-0.39, 0.29) is 47.9 Å². The molecule has 2 N–H and O–H groups in total. The van der Waals surface area contributed by atoms with E-state index in [0.717, 1.165) is 12.8 Å². The van der Waals surface area contributed by atoms with Gasteiger partial charge < -0.3 is 10.4 Å². The van der Waals surface area contributed by atoms with Crippen LogP contribution in [0.15, 0.2) is 36.8 Å². The van der Waals surface area contributed by atoms with E-state index in [4.69, 9.17) is 11.6 Å². The zero-order valence-electron chi connectivity index (χ0n) is 19.1. The Balaban J connectivity index is 1.43. The first-order valence-corrected chi connectivity index (χ1v) is 12.0. The molecule has 0 saturated heterocycles. The first-order chi connectivity index (χ1) is 17.7. The summed E-state index contributed by atoms with van der Waals surface area (Å²) in [5.41, 5.74) is 0.590. The smallest absolute Gasteiger partial charge is 0.389 e. The molecule has 1 amide bonds. The van der Waals surface area contributed by atoms with Crippen molar-refractivity contribution >= 4 is 29.0 Å². The lowest BCUT2D eigenvalue weighted by atomic mass is 9.72. The molecule has 190 valence electrons. The minimum atomic E-state index is -4.28. The van der Waals surface area contributed by atoms with Crippen LogP contribution >= 0.6 is 11.6 Å². The highest BCUT2D eigenvalue weighted by atomic mass is 35.5. The quantitative estimate of drug-likeness (QED) is 0.378. The summed E-state index contributed by atoms with van der Waals surface area (Å²) < 4.78 is 39.4. The summed E-state index contributed by atoms with van der Waals surface area (Å²) in [7, 11) is 0. The minimum absolute atomic E-state index is 0.00452.